The lowest BCUT2D eigenvalue weighted by molar-refractivity contribution is 0.0698. The van der Waals surface area contributed by atoms with E-state index >= 15 is 0 Å². The number of nitrogens with one attached hydrogen (secondary N) is 1. The molecule has 37 heavy (non-hydrogen) atoms. The lowest BCUT2D eigenvalue weighted by atomic mass is 10.0. The first kappa shape index (κ1) is 24.5. The molecule has 1 saturated heterocycles. The molecule has 188 valence electrons. The number of hydrogen-bond acceptors (Lipinski definition) is 6. The summed E-state index contributed by atoms with van der Waals surface area (Å²) < 4.78 is 11.5. The molecule has 0 spiro atoms. The molecule has 0 radical (unpaired) electrons. The van der Waals surface area contributed by atoms with Crippen molar-refractivity contribution in [2.45, 2.75) is 6.61 Å². The van der Waals surface area contributed by atoms with Crippen LogP contribution in [0.5, 0.6) is 5.75 Å². The second-order valence-corrected chi connectivity index (χ2v) is 9.37. The van der Waals surface area contributed by atoms with E-state index in [-0.39, 0.29) is 11.3 Å². The first-order valence-corrected chi connectivity index (χ1v) is 12.9. The number of benzene rings is 3. The third kappa shape index (κ3) is 5.82. The van der Waals surface area contributed by atoms with E-state index < -0.39 is 11.9 Å². The predicted octanol–water partition coefficient (Wildman–Crippen LogP) is 5.78. The Morgan fingerprint density at radius 2 is 1.76 bits per heavy atom. The molecule has 8 heteroatoms. The van der Waals surface area contributed by atoms with E-state index in [0.717, 1.165) is 35.5 Å². The molecule has 1 fully saturated rings. The number of aromatic carboxylic acids is 1. The van der Waals surface area contributed by atoms with Crippen LogP contribution in [0.3, 0.4) is 0 Å². The summed E-state index contributed by atoms with van der Waals surface area (Å²) in [6.45, 7) is 2.97. The Bertz CT molecular complexity index is 1380. The van der Waals surface area contributed by atoms with Crippen molar-refractivity contribution in [3.05, 3.63) is 100 Å². The number of thiophene rings is 1. The normalized spacial score (nSPS) is 13.2. The number of nitrogens with zero attached hydrogens (tertiary/aromatic N) is 1. The van der Waals surface area contributed by atoms with Crippen LogP contribution < -0.4 is 15.0 Å². The van der Waals surface area contributed by atoms with E-state index in [1.54, 1.807) is 35.6 Å². The Hall–Kier alpha value is -4.14. The van der Waals surface area contributed by atoms with Crippen molar-refractivity contribution < 1.29 is 24.2 Å². The summed E-state index contributed by atoms with van der Waals surface area (Å²) in [4.78, 5) is 27.7. The fraction of sp³-hybridized carbons (Fsp3) is 0.172. The molecule has 1 aromatic heterocycles. The van der Waals surface area contributed by atoms with Crippen LogP contribution in [-0.2, 0) is 11.3 Å². The Kier molecular flexibility index (Phi) is 7.49. The maximum absolute atomic E-state index is 13.6. The first-order chi connectivity index (χ1) is 18.1. The second-order valence-electron chi connectivity index (χ2n) is 8.59. The monoisotopic (exact) mass is 514 g/mol. The number of carboxylic acid groups (broad SMARTS) is 1. The molecule has 0 atom stereocenters. The van der Waals surface area contributed by atoms with E-state index in [2.05, 4.69) is 10.2 Å². The van der Waals surface area contributed by atoms with Crippen LogP contribution in [-0.4, -0.2) is 43.3 Å². The molecule has 4 aromatic rings. The minimum absolute atomic E-state index is 0.0171. The number of rotatable bonds is 8. The van der Waals surface area contributed by atoms with Crippen molar-refractivity contribution in [3.8, 4) is 16.9 Å². The molecule has 7 nitrogen and oxygen atoms in total. The zero-order valence-electron chi connectivity index (χ0n) is 20.1. The quantitative estimate of drug-likeness (QED) is 0.310. The molecule has 1 aliphatic heterocycles. The third-order valence-electron chi connectivity index (χ3n) is 6.17. The van der Waals surface area contributed by atoms with Crippen LogP contribution >= 0.6 is 11.3 Å². The van der Waals surface area contributed by atoms with Crippen LogP contribution in [0.2, 0.25) is 0 Å². The van der Waals surface area contributed by atoms with E-state index in [4.69, 9.17) is 9.47 Å². The average Bonchev–Trinajstić information content (AvgIpc) is 3.48. The van der Waals surface area contributed by atoms with Gasteiger partial charge in [-0.1, -0.05) is 36.4 Å². The number of hydrogen-bond donors (Lipinski definition) is 2. The summed E-state index contributed by atoms with van der Waals surface area (Å²) in [5.41, 5.74) is 4.21. The van der Waals surface area contributed by atoms with Crippen LogP contribution in [0.25, 0.3) is 11.1 Å². The summed E-state index contributed by atoms with van der Waals surface area (Å²) in [5.74, 6) is -1.14. The second kappa shape index (κ2) is 11.3. The molecule has 2 N–H and O–H groups in total. The largest absolute Gasteiger partial charge is 0.488 e. The highest BCUT2D eigenvalue weighted by Crippen LogP contribution is 2.31. The fourth-order valence-electron chi connectivity index (χ4n) is 4.21. The van der Waals surface area contributed by atoms with Crippen LogP contribution in [0, 0.1) is 0 Å². The summed E-state index contributed by atoms with van der Waals surface area (Å²) >= 11 is 1.55. The van der Waals surface area contributed by atoms with Gasteiger partial charge in [-0.05, 0) is 63.8 Å². The number of carboxylic acids is 1. The van der Waals surface area contributed by atoms with Crippen molar-refractivity contribution in [2.75, 3.05) is 36.5 Å². The fourth-order valence-corrected chi connectivity index (χ4v) is 4.87. The van der Waals surface area contributed by atoms with Gasteiger partial charge in [0.2, 0.25) is 0 Å². The number of amides is 1. The standard InChI is InChI=1S/C29H26N2O5S/c32-28(30-26-16-21(22-10-15-37-19-22)6-8-24(26)29(33)34)25-17-23(31-11-13-35-14-12-31)7-9-27(25)36-18-20-4-2-1-3-5-20/h1-10,15-17,19H,11-14,18H2,(H,30,32)(H,33,34). The van der Waals surface area contributed by atoms with E-state index in [0.29, 0.717) is 31.1 Å². The Balaban J connectivity index is 1.47. The Labute approximate surface area is 218 Å². The van der Waals surface area contributed by atoms with E-state index in [1.165, 1.54) is 6.07 Å². The third-order valence-corrected chi connectivity index (χ3v) is 6.86. The van der Waals surface area contributed by atoms with E-state index in [1.807, 2.05) is 53.2 Å². The van der Waals surface area contributed by atoms with Crippen LogP contribution in [0.1, 0.15) is 26.3 Å². The molecule has 2 heterocycles. The summed E-state index contributed by atoms with van der Waals surface area (Å²) in [6, 6.07) is 22.1. The van der Waals surface area contributed by atoms with Gasteiger partial charge in [0, 0.05) is 18.8 Å². The topological polar surface area (TPSA) is 88.1 Å². The van der Waals surface area contributed by atoms with Crippen molar-refractivity contribution in [2.24, 2.45) is 0 Å². The first-order valence-electron chi connectivity index (χ1n) is 11.9. The molecule has 0 bridgehead atoms. The maximum atomic E-state index is 13.6. The summed E-state index contributed by atoms with van der Waals surface area (Å²) in [5, 5.41) is 16.5. The number of anilines is 2. The van der Waals surface area contributed by atoms with Gasteiger partial charge in [-0.15, -0.1) is 0 Å². The molecule has 3 aromatic carbocycles. The molecule has 1 amide bonds. The van der Waals surface area contributed by atoms with E-state index in [9.17, 15) is 14.7 Å². The average molecular weight is 515 g/mol. The molecule has 5 rings (SSSR count). The van der Waals surface area contributed by atoms with Crippen molar-refractivity contribution in [1.82, 2.24) is 0 Å². The van der Waals surface area contributed by atoms with Crippen LogP contribution in [0.15, 0.2) is 83.6 Å². The number of carbonyl (C=O) groups is 2. The highest BCUT2D eigenvalue weighted by atomic mass is 32.1. The predicted molar refractivity (Wildman–Crippen MR) is 145 cm³/mol. The molecule has 0 saturated carbocycles. The summed E-state index contributed by atoms with van der Waals surface area (Å²) in [6.07, 6.45) is 0. The summed E-state index contributed by atoms with van der Waals surface area (Å²) in [7, 11) is 0. The zero-order chi connectivity index (χ0) is 25.6. The van der Waals surface area contributed by atoms with Gasteiger partial charge >= 0.3 is 5.97 Å². The van der Waals surface area contributed by atoms with Gasteiger partial charge in [0.25, 0.3) is 5.91 Å². The highest BCUT2D eigenvalue weighted by Gasteiger charge is 2.21. The molecule has 1 aliphatic rings. The SMILES string of the molecule is O=C(O)c1ccc(-c2ccsc2)cc1NC(=O)c1cc(N2CCOCC2)ccc1OCc1ccccc1. The van der Waals surface area contributed by atoms with Gasteiger partial charge in [-0.25, -0.2) is 4.79 Å². The van der Waals surface area contributed by atoms with Gasteiger partial charge in [0.05, 0.1) is 30.0 Å². The van der Waals surface area contributed by atoms with Gasteiger partial charge in [0.1, 0.15) is 12.4 Å². The lowest BCUT2D eigenvalue weighted by Crippen LogP contribution is -2.36. The zero-order valence-corrected chi connectivity index (χ0v) is 20.9. The maximum Gasteiger partial charge on any atom is 0.337 e. The van der Waals surface area contributed by atoms with Gasteiger partial charge in [0.15, 0.2) is 0 Å². The van der Waals surface area contributed by atoms with Gasteiger partial charge < -0.3 is 24.8 Å². The molecular weight excluding hydrogens is 488 g/mol. The molecule has 0 unspecified atom stereocenters. The number of morpholine rings is 1. The number of carbonyl (C=O) groups excluding carboxylic acids is 1. The Morgan fingerprint density at radius 1 is 0.946 bits per heavy atom. The van der Waals surface area contributed by atoms with Gasteiger partial charge in [-0.2, -0.15) is 11.3 Å². The van der Waals surface area contributed by atoms with Crippen molar-refractivity contribution >= 4 is 34.6 Å². The van der Waals surface area contributed by atoms with Crippen molar-refractivity contribution in [3.63, 3.8) is 0 Å². The van der Waals surface area contributed by atoms with Crippen LogP contribution in [0.4, 0.5) is 11.4 Å². The van der Waals surface area contributed by atoms with Crippen molar-refractivity contribution in [1.29, 1.82) is 0 Å². The molecular formula is C29H26N2O5S. The number of ether oxygens (including phenoxy) is 2. The molecule has 0 aliphatic carbocycles. The minimum atomic E-state index is -1.12. The minimum Gasteiger partial charge on any atom is -0.488 e. The highest BCUT2D eigenvalue weighted by molar-refractivity contribution is 7.08. The van der Waals surface area contributed by atoms with Gasteiger partial charge in [-0.3, -0.25) is 4.79 Å². The lowest BCUT2D eigenvalue weighted by Gasteiger charge is -2.29. The Morgan fingerprint density at radius 3 is 2.49 bits per heavy atom. The smallest absolute Gasteiger partial charge is 0.337 e.